The van der Waals surface area contributed by atoms with Crippen LogP contribution in [0.25, 0.3) is 0 Å². The van der Waals surface area contributed by atoms with Crippen molar-refractivity contribution in [2.45, 2.75) is 26.3 Å². The highest BCUT2D eigenvalue weighted by Gasteiger charge is 2.18. The van der Waals surface area contributed by atoms with E-state index < -0.39 is 0 Å². The second kappa shape index (κ2) is 7.60. The first-order chi connectivity index (χ1) is 9.70. The normalized spacial score (nSPS) is 18.2. The van der Waals surface area contributed by atoms with Gasteiger partial charge >= 0.3 is 0 Å². The largest absolute Gasteiger partial charge is 0.367 e. The molecule has 4 heteroatoms. The minimum atomic E-state index is -0.112. The molecule has 1 N–H and O–H groups in total. The zero-order valence-electron chi connectivity index (χ0n) is 12.6. The van der Waals surface area contributed by atoms with Gasteiger partial charge in [-0.25, -0.2) is 4.39 Å². The van der Waals surface area contributed by atoms with E-state index in [0.717, 1.165) is 45.0 Å². The van der Waals surface area contributed by atoms with Gasteiger partial charge in [-0.3, -0.25) is 4.90 Å². The van der Waals surface area contributed by atoms with Gasteiger partial charge in [0, 0.05) is 45.3 Å². The summed E-state index contributed by atoms with van der Waals surface area (Å²) >= 11 is 0. The smallest absolute Gasteiger partial charge is 0.146 e. The molecule has 1 saturated heterocycles. The lowest BCUT2D eigenvalue weighted by atomic mass is 10.2. The molecule has 1 unspecified atom stereocenters. The Morgan fingerprint density at radius 2 is 1.90 bits per heavy atom. The molecule has 0 bridgehead atoms. The number of nitrogens with one attached hydrogen (secondary N) is 1. The van der Waals surface area contributed by atoms with Gasteiger partial charge in [-0.15, -0.1) is 0 Å². The summed E-state index contributed by atoms with van der Waals surface area (Å²) in [6.45, 7) is 10.4. The fourth-order valence-electron chi connectivity index (χ4n) is 2.53. The average Bonchev–Trinajstić information content (AvgIpc) is 2.48. The number of para-hydroxylation sites is 1. The monoisotopic (exact) mass is 279 g/mol. The molecular formula is C16H26FN3. The standard InChI is InChI=1S/C16H26FN3/c1-3-14(2)18-8-9-19-10-12-20(13-11-19)16-7-5-4-6-15(16)17/h4-7,14,18H,3,8-13H2,1-2H3. The van der Waals surface area contributed by atoms with Crippen LogP contribution in [-0.4, -0.2) is 50.2 Å². The van der Waals surface area contributed by atoms with E-state index in [4.69, 9.17) is 0 Å². The lowest BCUT2D eigenvalue weighted by molar-refractivity contribution is 0.253. The Kier molecular flexibility index (Phi) is 5.80. The number of anilines is 1. The van der Waals surface area contributed by atoms with Crippen LogP contribution in [0.2, 0.25) is 0 Å². The first kappa shape index (κ1) is 15.3. The molecular weight excluding hydrogens is 253 g/mol. The maximum atomic E-state index is 13.7. The molecule has 0 spiro atoms. The third kappa shape index (κ3) is 4.18. The Morgan fingerprint density at radius 3 is 2.55 bits per heavy atom. The van der Waals surface area contributed by atoms with Crippen LogP contribution in [0.1, 0.15) is 20.3 Å². The van der Waals surface area contributed by atoms with Crippen LogP contribution in [0, 0.1) is 5.82 Å². The minimum Gasteiger partial charge on any atom is -0.367 e. The van der Waals surface area contributed by atoms with Crippen LogP contribution >= 0.6 is 0 Å². The molecule has 1 aromatic carbocycles. The van der Waals surface area contributed by atoms with E-state index in [9.17, 15) is 4.39 Å². The molecule has 2 rings (SSSR count). The number of nitrogens with zero attached hydrogens (tertiary/aromatic N) is 2. The van der Waals surface area contributed by atoms with E-state index >= 15 is 0 Å². The quantitative estimate of drug-likeness (QED) is 0.862. The Labute approximate surface area is 121 Å². The zero-order valence-corrected chi connectivity index (χ0v) is 12.6. The zero-order chi connectivity index (χ0) is 14.4. The van der Waals surface area contributed by atoms with Crippen molar-refractivity contribution in [1.82, 2.24) is 10.2 Å². The molecule has 20 heavy (non-hydrogen) atoms. The van der Waals surface area contributed by atoms with Gasteiger partial charge in [0.05, 0.1) is 5.69 Å². The number of benzene rings is 1. The summed E-state index contributed by atoms with van der Waals surface area (Å²) in [6, 6.07) is 7.65. The Hall–Kier alpha value is -1.13. The summed E-state index contributed by atoms with van der Waals surface area (Å²) in [6.07, 6.45) is 1.17. The van der Waals surface area contributed by atoms with Crippen LogP contribution in [-0.2, 0) is 0 Å². The van der Waals surface area contributed by atoms with Gasteiger partial charge in [-0.05, 0) is 25.5 Å². The van der Waals surface area contributed by atoms with E-state index in [1.165, 1.54) is 12.5 Å². The third-order valence-corrected chi connectivity index (χ3v) is 4.10. The second-order valence-electron chi connectivity index (χ2n) is 5.54. The molecule has 0 amide bonds. The number of hydrogen-bond donors (Lipinski definition) is 1. The molecule has 1 heterocycles. The second-order valence-corrected chi connectivity index (χ2v) is 5.54. The van der Waals surface area contributed by atoms with Crippen LogP contribution < -0.4 is 10.2 Å². The van der Waals surface area contributed by atoms with Crippen LogP contribution in [0.4, 0.5) is 10.1 Å². The molecule has 1 fully saturated rings. The van der Waals surface area contributed by atoms with Gasteiger partial charge in [0.2, 0.25) is 0 Å². The van der Waals surface area contributed by atoms with Gasteiger partial charge in [0.1, 0.15) is 5.82 Å². The van der Waals surface area contributed by atoms with Crippen LogP contribution in [0.5, 0.6) is 0 Å². The summed E-state index contributed by atoms with van der Waals surface area (Å²) in [5.74, 6) is -0.112. The first-order valence-electron chi connectivity index (χ1n) is 7.66. The number of rotatable bonds is 6. The van der Waals surface area contributed by atoms with Gasteiger partial charge in [-0.2, -0.15) is 0 Å². The molecule has 1 aliphatic rings. The molecule has 0 aromatic heterocycles. The molecule has 1 aliphatic heterocycles. The topological polar surface area (TPSA) is 18.5 Å². The number of piperazine rings is 1. The predicted octanol–water partition coefficient (Wildman–Crippen LogP) is 2.34. The molecule has 3 nitrogen and oxygen atoms in total. The maximum Gasteiger partial charge on any atom is 0.146 e. The van der Waals surface area contributed by atoms with E-state index in [1.807, 2.05) is 12.1 Å². The van der Waals surface area contributed by atoms with E-state index in [2.05, 4.69) is 29.0 Å². The van der Waals surface area contributed by atoms with Crippen LogP contribution in [0.3, 0.4) is 0 Å². The lowest BCUT2D eigenvalue weighted by Crippen LogP contribution is -2.48. The van der Waals surface area contributed by atoms with Crippen molar-refractivity contribution < 1.29 is 4.39 Å². The van der Waals surface area contributed by atoms with Gasteiger partial charge < -0.3 is 10.2 Å². The third-order valence-electron chi connectivity index (χ3n) is 4.10. The summed E-state index contributed by atoms with van der Waals surface area (Å²) in [5, 5.41) is 3.52. The van der Waals surface area contributed by atoms with Crippen molar-refractivity contribution >= 4 is 5.69 Å². The molecule has 0 saturated carbocycles. The van der Waals surface area contributed by atoms with Crippen molar-refractivity contribution in [3.05, 3.63) is 30.1 Å². The van der Waals surface area contributed by atoms with Gasteiger partial charge in [0.15, 0.2) is 0 Å². The highest BCUT2D eigenvalue weighted by molar-refractivity contribution is 5.47. The fourth-order valence-corrected chi connectivity index (χ4v) is 2.53. The highest BCUT2D eigenvalue weighted by Crippen LogP contribution is 2.19. The minimum absolute atomic E-state index is 0.112. The van der Waals surface area contributed by atoms with E-state index in [1.54, 1.807) is 6.07 Å². The molecule has 0 aliphatic carbocycles. The molecule has 112 valence electrons. The van der Waals surface area contributed by atoms with Crippen molar-refractivity contribution in [3.8, 4) is 0 Å². The van der Waals surface area contributed by atoms with Crippen molar-refractivity contribution in [3.63, 3.8) is 0 Å². The number of hydrogen-bond acceptors (Lipinski definition) is 3. The molecule has 0 radical (unpaired) electrons. The summed E-state index contributed by atoms with van der Waals surface area (Å²) in [7, 11) is 0. The Bertz CT molecular complexity index is 402. The van der Waals surface area contributed by atoms with Crippen molar-refractivity contribution in [2.24, 2.45) is 0 Å². The lowest BCUT2D eigenvalue weighted by Gasteiger charge is -2.36. The van der Waals surface area contributed by atoms with E-state index in [0.29, 0.717) is 6.04 Å². The highest BCUT2D eigenvalue weighted by atomic mass is 19.1. The summed E-state index contributed by atoms with van der Waals surface area (Å²) < 4.78 is 13.7. The summed E-state index contributed by atoms with van der Waals surface area (Å²) in [4.78, 5) is 4.60. The Balaban J connectivity index is 1.74. The maximum absolute atomic E-state index is 13.7. The SMILES string of the molecule is CCC(C)NCCN1CCN(c2ccccc2F)CC1. The Morgan fingerprint density at radius 1 is 1.20 bits per heavy atom. The average molecular weight is 279 g/mol. The molecule has 1 atom stereocenters. The van der Waals surface area contributed by atoms with Gasteiger partial charge in [-0.1, -0.05) is 19.1 Å². The van der Waals surface area contributed by atoms with Crippen molar-refractivity contribution in [1.29, 1.82) is 0 Å². The fraction of sp³-hybridized carbons (Fsp3) is 0.625. The molecule has 1 aromatic rings. The van der Waals surface area contributed by atoms with Gasteiger partial charge in [0.25, 0.3) is 0 Å². The first-order valence-corrected chi connectivity index (χ1v) is 7.66. The number of halogens is 1. The van der Waals surface area contributed by atoms with E-state index in [-0.39, 0.29) is 5.82 Å². The van der Waals surface area contributed by atoms with Crippen molar-refractivity contribution in [2.75, 3.05) is 44.2 Å². The predicted molar refractivity (Wildman–Crippen MR) is 82.8 cm³/mol. The summed E-state index contributed by atoms with van der Waals surface area (Å²) in [5.41, 5.74) is 0.741. The van der Waals surface area contributed by atoms with Crippen LogP contribution in [0.15, 0.2) is 24.3 Å².